The summed E-state index contributed by atoms with van der Waals surface area (Å²) in [6.07, 6.45) is -0.850. The number of thioether (sulfide) groups is 1. The molecule has 27 heavy (non-hydrogen) atoms. The van der Waals surface area contributed by atoms with Crippen LogP contribution < -0.4 is 10.1 Å². The fourth-order valence-electron chi connectivity index (χ4n) is 2.10. The Labute approximate surface area is 166 Å². The molecular formula is C19H19ClFNO4S. The number of rotatable bonds is 8. The third-order valence-corrected chi connectivity index (χ3v) is 4.73. The molecule has 5 nitrogen and oxygen atoms in total. The van der Waals surface area contributed by atoms with Gasteiger partial charge in [0.2, 0.25) is 0 Å². The number of hydrogen-bond acceptors (Lipinski definition) is 5. The van der Waals surface area contributed by atoms with Crippen molar-refractivity contribution in [3.8, 4) is 5.75 Å². The molecule has 2 aromatic carbocycles. The predicted molar refractivity (Wildman–Crippen MR) is 104 cm³/mol. The molecule has 1 amide bonds. The van der Waals surface area contributed by atoms with E-state index in [4.69, 9.17) is 21.1 Å². The molecule has 0 fully saturated rings. The van der Waals surface area contributed by atoms with Crippen LogP contribution in [0.2, 0.25) is 5.02 Å². The predicted octanol–water partition coefficient (Wildman–Crippen LogP) is 4.54. The Morgan fingerprint density at radius 2 is 1.93 bits per heavy atom. The van der Waals surface area contributed by atoms with Crippen LogP contribution in [0.25, 0.3) is 0 Å². The van der Waals surface area contributed by atoms with Crippen molar-refractivity contribution in [2.75, 3.05) is 18.2 Å². The van der Waals surface area contributed by atoms with Crippen LogP contribution >= 0.6 is 23.4 Å². The van der Waals surface area contributed by atoms with Gasteiger partial charge in [-0.2, -0.15) is 0 Å². The molecule has 0 aromatic heterocycles. The minimum Gasteiger partial charge on any atom is -0.495 e. The molecule has 0 aliphatic rings. The normalized spacial score (nSPS) is 11.6. The number of carbonyl (C=O) groups excluding carboxylic acids is 2. The maximum absolute atomic E-state index is 12.8. The molecule has 1 unspecified atom stereocenters. The molecule has 2 rings (SSSR count). The zero-order chi connectivity index (χ0) is 19.8. The first-order valence-corrected chi connectivity index (χ1v) is 9.47. The molecule has 0 spiro atoms. The summed E-state index contributed by atoms with van der Waals surface area (Å²) >= 11 is 7.33. The SMILES string of the molecule is COc1ccc(Cl)cc1NC(=O)C(C)OC(=O)CCSc1ccc(F)cc1. The standard InChI is InChI=1S/C19H19ClFNO4S/c1-12(19(24)22-16-11-13(20)3-8-17(16)25-2)26-18(23)9-10-27-15-6-4-14(21)5-7-15/h3-8,11-12H,9-10H2,1-2H3,(H,22,24). The first kappa shape index (κ1) is 21.1. The van der Waals surface area contributed by atoms with Gasteiger partial charge in [-0.3, -0.25) is 9.59 Å². The molecule has 0 aliphatic heterocycles. The molecule has 8 heteroatoms. The van der Waals surface area contributed by atoms with E-state index in [1.165, 1.54) is 37.9 Å². The maximum atomic E-state index is 12.8. The Morgan fingerprint density at radius 1 is 1.22 bits per heavy atom. The van der Waals surface area contributed by atoms with Crippen molar-refractivity contribution in [3.05, 3.63) is 53.3 Å². The Balaban J connectivity index is 1.80. The number of anilines is 1. The fourth-order valence-corrected chi connectivity index (χ4v) is 3.11. The highest BCUT2D eigenvalue weighted by Crippen LogP contribution is 2.28. The van der Waals surface area contributed by atoms with Crippen molar-refractivity contribution in [2.24, 2.45) is 0 Å². The van der Waals surface area contributed by atoms with E-state index in [1.54, 1.807) is 30.3 Å². The van der Waals surface area contributed by atoms with Gasteiger partial charge in [0, 0.05) is 15.7 Å². The molecule has 0 radical (unpaired) electrons. The second-order valence-electron chi connectivity index (χ2n) is 5.52. The van der Waals surface area contributed by atoms with Crippen LogP contribution in [0.15, 0.2) is 47.4 Å². The number of benzene rings is 2. The van der Waals surface area contributed by atoms with Gasteiger partial charge in [0.05, 0.1) is 19.2 Å². The zero-order valence-corrected chi connectivity index (χ0v) is 16.4. The summed E-state index contributed by atoms with van der Waals surface area (Å²) in [5, 5.41) is 3.07. The van der Waals surface area contributed by atoms with Gasteiger partial charge in [-0.1, -0.05) is 11.6 Å². The maximum Gasteiger partial charge on any atom is 0.307 e. The van der Waals surface area contributed by atoms with E-state index in [-0.39, 0.29) is 12.2 Å². The molecular weight excluding hydrogens is 393 g/mol. The summed E-state index contributed by atoms with van der Waals surface area (Å²) in [6, 6.07) is 10.8. The zero-order valence-electron chi connectivity index (χ0n) is 14.8. The molecule has 0 saturated heterocycles. The van der Waals surface area contributed by atoms with Crippen molar-refractivity contribution in [2.45, 2.75) is 24.3 Å². The summed E-state index contributed by atoms with van der Waals surface area (Å²) in [7, 11) is 1.47. The molecule has 0 aliphatic carbocycles. The van der Waals surface area contributed by atoms with Gasteiger partial charge in [0.1, 0.15) is 11.6 Å². The quantitative estimate of drug-likeness (QED) is 0.510. The van der Waals surface area contributed by atoms with E-state index in [0.717, 1.165) is 4.90 Å². The lowest BCUT2D eigenvalue weighted by Crippen LogP contribution is -2.30. The summed E-state index contributed by atoms with van der Waals surface area (Å²) in [5.74, 6) is -0.390. The van der Waals surface area contributed by atoms with Gasteiger partial charge in [-0.15, -0.1) is 11.8 Å². The summed E-state index contributed by atoms with van der Waals surface area (Å²) in [6.45, 7) is 1.48. The van der Waals surface area contributed by atoms with E-state index in [0.29, 0.717) is 22.2 Å². The lowest BCUT2D eigenvalue weighted by Gasteiger charge is -2.15. The van der Waals surface area contributed by atoms with Crippen molar-refractivity contribution in [1.29, 1.82) is 0 Å². The molecule has 144 valence electrons. The van der Waals surface area contributed by atoms with Gasteiger partial charge >= 0.3 is 5.97 Å². The first-order valence-electron chi connectivity index (χ1n) is 8.11. The summed E-state index contributed by atoms with van der Waals surface area (Å²) < 4.78 is 23.2. The molecule has 1 N–H and O–H groups in total. The van der Waals surface area contributed by atoms with Gasteiger partial charge in [0.15, 0.2) is 6.10 Å². The Morgan fingerprint density at radius 3 is 2.59 bits per heavy atom. The molecule has 1 atom stereocenters. The largest absolute Gasteiger partial charge is 0.495 e. The molecule has 0 saturated carbocycles. The second-order valence-corrected chi connectivity index (χ2v) is 7.12. The van der Waals surface area contributed by atoms with Crippen LogP contribution in [-0.2, 0) is 14.3 Å². The highest BCUT2D eigenvalue weighted by Gasteiger charge is 2.19. The van der Waals surface area contributed by atoms with Crippen molar-refractivity contribution < 1.29 is 23.5 Å². The number of nitrogens with one attached hydrogen (secondary N) is 1. The second kappa shape index (κ2) is 10.2. The van der Waals surface area contributed by atoms with E-state index >= 15 is 0 Å². The average Bonchev–Trinajstić information content (AvgIpc) is 2.63. The van der Waals surface area contributed by atoms with Gasteiger partial charge in [-0.25, -0.2) is 4.39 Å². The Bertz CT molecular complexity index is 801. The fraction of sp³-hybridized carbons (Fsp3) is 0.263. The molecule has 0 bridgehead atoms. The number of halogens is 2. The van der Waals surface area contributed by atoms with Gasteiger partial charge in [-0.05, 0) is 49.4 Å². The lowest BCUT2D eigenvalue weighted by molar-refractivity contribution is -0.152. The highest BCUT2D eigenvalue weighted by molar-refractivity contribution is 7.99. The van der Waals surface area contributed by atoms with E-state index < -0.39 is 18.0 Å². The highest BCUT2D eigenvalue weighted by atomic mass is 35.5. The van der Waals surface area contributed by atoms with Crippen LogP contribution in [0.1, 0.15) is 13.3 Å². The van der Waals surface area contributed by atoms with Crippen LogP contribution in [0, 0.1) is 5.82 Å². The number of amides is 1. The average molecular weight is 412 g/mol. The number of methoxy groups -OCH3 is 1. The third-order valence-electron chi connectivity index (χ3n) is 3.49. The number of ether oxygens (including phenoxy) is 2. The van der Waals surface area contributed by atoms with E-state index in [1.807, 2.05) is 0 Å². The smallest absolute Gasteiger partial charge is 0.307 e. The van der Waals surface area contributed by atoms with Gasteiger partial charge < -0.3 is 14.8 Å². The summed E-state index contributed by atoms with van der Waals surface area (Å²) in [5.41, 5.74) is 0.393. The lowest BCUT2D eigenvalue weighted by atomic mass is 10.2. The van der Waals surface area contributed by atoms with Crippen molar-refractivity contribution in [3.63, 3.8) is 0 Å². The van der Waals surface area contributed by atoms with E-state index in [9.17, 15) is 14.0 Å². The molecule has 2 aromatic rings. The number of esters is 1. The first-order chi connectivity index (χ1) is 12.9. The van der Waals surface area contributed by atoms with Crippen LogP contribution in [0.4, 0.5) is 10.1 Å². The Kier molecular flexibility index (Phi) is 7.94. The number of carbonyl (C=O) groups is 2. The molecule has 0 heterocycles. The van der Waals surface area contributed by atoms with Crippen LogP contribution in [0.5, 0.6) is 5.75 Å². The van der Waals surface area contributed by atoms with Crippen LogP contribution in [-0.4, -0.2) is 30.8 Å². The summed E-state index contributed by atoms with van der Waals surface area (Å²) in [4.78, 5) is 25.0. The number of hydrogen-bond donors (Lipinski definition) is 1. The minimum absolute atomic E-state index is 0.125. The monoisotopic (exact) mass is 411 g/mol. The van der Waals surface area contributed by atoms with Crippen molar-refractivity contribution >= 4 is 40.9 Å². The minimum atomic E-state index is -0.975. The Hall–Kier alpha value is -2.25. The third kappa shape index (κ3) is 6.77. The van der Waals surface area contributed by atoms with E-state index in [2.05, 4.69) is 5.32 Å². The van der Waals surface area contributed by atoms with Crippen molar-refractivity contribution in [1.82, 2.24) is 0 Å². The topological polar surface area (TPSA) is 64.6 Å². The van der Waals surface area contributed by atoms with Gasteiger partial charge in [0.25, 0.3) is 5.91 Å². The van der Waals surface area contributed by atoms with Crippen LogP contribution in [0.3, 0.4) is 0 Å².